The van der Waals surface area contributed by atoms with E-state index < -0.39 is 0 Å². The Morgan fingerprint density at radius 1 is 1.21 bits per heavy atom. The minimum absolute atomic E-state index is 0.563. The molecular weight excluding hydrogens is 258 g/mol. The van der Waals surface area contributed by atoms with E-state index in [-0.39, 0.29) is 0 Å². The highest BCUT2D eigenvalue weighted by atomic mass is 32.1. The smallest absolute Gasteiger partial charge is 0.214 e. The number of fused-ring (bicyclic) bond motifs is 1. The fourth-order valence-electron chi connectivity index (χ4n) is 1.93. The van der Waals surface area contributed by atoms with Crippen LogP contribution in [0.1, 0.15) is 22.9 Å². The van der Waals surface area contributed by atoms with E-state index in [9.17, 15) is 0 Å². The van der Waals surface area contributed by atoms with Crippen molar-refractivity contribution in [2.45, 2.75) is 27.3 Å². The molecule has 0 aliphatic rings. The first-order chi connectivity index (χ1) is 9.13. The molecule has 3 rings (SSSR count). The molecule has 19 heavy (non-hydrogen) atoms. The van der Waals surface area contributed by atoms with E-state index in [0.29, 0.717) is 12.4 Å². The van der Waals surface area contributed by atoms with Crippen LogP contribution in [0, 0.1) is 20.8 Å². The van der Waals surface area contributed by atoms with Gasteiger partial charge in [0.05, 0.1) is 22.5 Å². The van der Waals surface area contributed by atoms with Crippen LogP contribution in [0.3, 0.4) is 0 Å². The molecule has 0 spiro atoms. The van der Waals surface area contributed by atoms with Crippen molar-refractivity contribution in [2.24, 2.45) is 0 Å². The second-order valence-corrected chi connectivity index (χ2v) is 5.57. The highest BCUT2D eigenvalue weighted by molar-refractivity contribution is 7.22. The lowest BCUT2D eigenvalue weighted by Crippen LogP contribution is -1.98. The minimum Gasteiger partial charge on any atom is -0.444 e. The Kier molecular flexibility index (Phi) is 2.98. The lowest BCUT2D eigenvalue weighted by atomic mass is 10.2. The van der Waals surface area contributed by atoms with Crippen LogP contribution < -0.4 is 5.32 Å². The van der Waals surface area contributed by atoms with E-state index >= 15 is 0 Å². The van der Waals surface area contributed by atoms with Gasteiger partial charge in [0, 0.05) is 0 Å². The average molecular weight is 273 g/mol. The molecule has 0 fully saturated rings. The molecule has 2 heterocycles. The maximum absolute atomic E-state index is 5.54. The lowest BCUT2D eigenvalue weighted by molar-refractivity contribution is 0.478. The molecule has 2 aromatic heterocycles. The van der Waals surface area contributed by atoms with E-state index in [0.717, 1.165) is 22.1 Å². The molecule has 0 bridgehead atoms. The summed E-state index contributed by atoms with van der Waals surface area (Å²) in [7, 11) is 0. The van der Waals surface area contributed by atoms with Gasteiger partial charge in [0.1, 0.15) is 5.76 Å². The van der Waals surface area contributed by atoms with Gasteiger partial charge >= 0.3 is 0 Å². The number of hydrogen-bond acceptors (Lipinski definition) is 5. The summed E-state index contributed by atoms with van der Waals surface area (Å²) < 4.78 is 6.73. The Balaban J connectivity index is 1.80. The molecule has 1 aromatic carbocycles. The molecule has 3 aromatic rings. The summed E-state index contributed by atoms with van der Waals surface area (Å²) in [4.78, 5) is 8.94. The van der Waals surface area contributed by atoms with Gasteiger partial charge in [-0.05, 0) is 32.4 Å². The summed E-state index contributed by atoms with van der Waals surface area (Å²) in [6.45, 7) is 6.51. The largest absolute Gasteiger partial charge is 0.444 e. The number of anilines is 1. The van der Waals surface area contributed by atoms with Crippen LogP contribution in [0.15, 0.2) is 22.6 Å². The van der Waals surface area contributed by atoms with Gasteiger partial charge in [-0.3, -0.25) is 0 Å². The number of nitrogens with one attached hydrogen (secondary N) is 1. The number of aryl methyl sites for hydroxylation is 3. The number of oxazole rings is 1. The number of para-hydroxylation sites is 1. The maximum atomic E-state index is 5.54. The van der Waals surface area contributed by atoms with E-state index in [1.54, 1.807) is 11.3 Å². The summed E-state index contributed by atoms with van der Waals surface area (Å²) in [6.07, 6.45) is 0. The Hall–Kier alpha value is -1.88. The maximum Gasteiger partial charge on any atom is 0.214 e. The highest BCUT2D eigenvalue weighted by Gasteiger charge is 2.08. The van der Waals surface area contributed by atoms with Crippen molar-refractivity contribution in [1.82, 2.24) is 9.97 Å². The molecule has 5 heteroatoms. The van der Waals surface area contributed by atoms with Gasteiger partial charge in [-0.15, -0.1) is 0 Å². The predicted molar refractivity (Wildman–Crippen MR) is 77.7 cm³/mol. The SMILES string of the molecule is Cc1nc(CNc2nc3c(C)cccc3s2)oc1C. The van der Waals surface area contributed by atoms with Crippen LogP contribution >= 0.6 is 11.3 Å². The number of hydrogen-bond donors (Lipinski definition) is 1. The second kappa shape index (κ2) is 4.66. The molecule has 0 aliphatic heterocycles. The van der Waals surface area contributed by atoms with Crippen molar-refractivity contribution >= 4 is 26.7 Å². The van der Waals surface area contributed by atoms with Gasteiger partial charge in [0.15, 0.2) is 5.13 Å². The van der Waals surface area contributed by atoms with Crippen molar-refractivity contribution in [3.05, 3.63) is 41.1 Å². The molecule has 0 unspecified atom stereocenters. The molecular formula is C14H15N3OS. The zero-order chi connectivity index (χ0) is 13.4. The van der Waals surface area contributed by atoms with Crippen LogP contribution in [0.4, 0.5) is 5.13 Å². The number of aromatic nitrogens is 2. The summed E-state index contributed by atoms with van der Waals surface area (Å²) in [5.74, 6) is 1.57. The third kappa shape index (κ3) is 2.33. The summed E-state index contributed by atoms with van der Waals surface area (Å²) in [5, 5.41) is 4.17. The third-order valence-corrected chi connectivity index (χ3v) is 4.06. The minimum atomic E-state index is 0.563. The van der Waals surface area contributed by atoms with Crippen LogP contribution in [-0.2, 0) is 6.54 Å². The van der Waals surface area contributed by atoms with E-state index in [1.165, 1.54) is 10.3 Å². The quantitative estimate of drug-likeness (QED) is 0.788. The van der Waals surface area contributed by atoms with Gasteiger partial charge < -0.3 is 9.73 Å². The predicted octanol–water partition coefficient (Wildman–Crippen LogP) is 3.82. The van der Waals surface area contributed by atoms with Crippen molar-refractivity contribution in [3.63, 3.8) is 0 Å². The Labute approximate surface area is 115 Å². The van der Waals surface area contributed by atoms with Gasteiger partial charge in [-0.25, -0.2) is 9.97 Å². The van der Waals surface area contributed by atoms with Crippen LogP contribution in [0.5, 0.6) is 0 Å². The topological polar surface area (TPSA) is 51.0 Å². The van der Waals surface area contributed by atoms with E-state index in [2.05, 4.69) is 40.4 Å². The van der Waals surface area contributed by atoms with Gasteiger partial charge in [0.25, 0.3) is 0 Å². The van der Waals surface area contributed by atoms with Crippen molar-refractivity contribution < 1.29 is 4.42 Å². The summed E-state index contributed by atoms with van der Waals surface area (Å²) >= 11 is 1.65. The van der Waals surface area contributed by atoms with E-state index in [4.69, 9.17) is 4.42 Å². The Morgan fingerprint density at radius 2 is 2.05 bits per heavy atom. The molecule has 0 radical (unpaired) electrons. The fraction of sp³-hybridized carbons (Fsp3) is 0.286. The zero-order valence-corrected chi connectivity index (χ0v) is 12.0. The molecule has 4 nitrogen and oxygen atoms in total. The van der Waals surface area contributed by atoms with Gasteiger partial charge in [-0.2, -0.15) is 0 Å². The zero-order valence-electron chi connectivity index (χ0n) is 11.2. The first-order valence-electron chi connectivity index (χ1n) is 6.16. The van der Waals surface area contributed by atoms with Crippen molar-refractivity contribution in [3.8, 4) is 0 Å². The molecule has 0 atom stereocenters. The monoisotopic (exact) mass is 273 g/mol. The number of rotatable bonds is 3. The first kappa shape index (κ1) is 12.2. The summed E-state index contributed by atoms with van der Waals surface area (Å²) in [5.41, 5.74) is 3.20. The standard InChI is InChI=1S/C14H15N3OS/c1-8-5-4-6-11-13(8)17-14(19-11)15-7-12-16-9(2)10(3)18-12/h4-6H,7H2,1-3H3,(H,15,17). The average Bonchev–Trinajstić information content (AvgIpc) is 2.92. The van der Waals surface area contributed by atoms with Gasteiger partial charge in [0.2, 0.25) is 5.89 Å². The first-order valence-corrected chi connectivity index (χ1v) is 6.98. The fourth-order valence-corrected chi connectivity index (χ4v) is 2.87. The normalized spacial score (nSPS) is 11.1. The molecule has 0 amide bonds. The third-order valence-electron chi connectivity index (χ3n) is 3.08. The molecule has 0 saturated carbocycles. The van der Waals surface area contributed by atoms with Gasteiger partial charge in [-0.1, -0.05) is 23.5 Å². The van der Waals surface area contributed by atoms with E-state index in [1.807, 2.05) is 13.8 Å². The highest BCUT2D eigenvalue weighted by Crippen LogP contribution is 2.28. The number of thiazole rings is 1. The molecule has 1 N–H and O–H groups in total. The Morgan fingerprint density at radius 3 is 2.74 bits per heavy atom. The van der Waals surface area contributed by atoms with Crippen LogP contribution in [0.25, 0.3) is 10.2 Å². The summed E-state index contributed by atoms with van der Waals surface area (Å²) in [6, 6.07) is 6.22. The van der Waals surface area contributed by atoms with Crippen LogP contribution in [0.2, 0.25) is 0 Å². The lowest BCUT2D eigenvalue weighted by Gasteiger charge is -1.97. The number of nitrogens with zero attached hydrogens (tertiary/aromatic N) is 2. The van der Waals surface area contributed by atoms with Crippen LogP contribution in [-0.4, -0.2) is 9.97 Å². The Bertz CT molecular complexity index is 710. The molecule has 0 saturated heterocycles. The van der Waals surface area contributed by atoms with Crippen molar-refractivity contribution in [1.29, 1.82) is 0 Å². The number of benzene rings is 1. The van der Waals surface area contributed by atoms with Crippen molar-refractivity contribution in [2.75, 3.05) is 5.32 Å². The second-order valence-electron chi connectivity index (χ2n) is 4.54. The molecule has 0 aliphatic carbocycles. The molecule has 98 valence electrons.